The van der Waals surface area contributed by atoms with Crippen LogP contribution in [-0.4, -0.2) is 12.6 Å². The highest BCUT2D eigenvalue weighted by Gasteiger charge is 2.20. The van der Waals surface area contributed by atoms with Gasteiger partial charge in [0, 0.05) is 5.69 Å². The molecule has 1 unspecified atom stereocenters. The molecule has 2 aromatic rings. The first-order valence-electron chi connectivity index (χ1n) is 5.94. The molecule has 2 nitrogen and oxygen atoms in total. The zero-order valence-corrected chi connectivity index (χ0v) is 9.60. The maximum absolute atomic E-state index is 5.76. The van der Waals surface area contributed by atoms with Gasteiger partial charge in [-0.15, -0.1) is 0 Å². The van der Waals surface area contributed by atoms with Crippen molar-refractivity contribution >= 4 is 5.69 Å². The lowest BCUT2D eigenvalue weighted by atomic mass is 10.1. The Bertz CT molecular complexity index is 470. The van der Waals surface area contributed by atoms with Gasteiger partial charge in [0.2, 0.25) is 0 Å². The summed E-state index contributed by atoms with van der Waals surface area (Å²) >= 11 is 0. The Kier molecular flexibility index (Phi) is 2.70. The molecule has 86 valence electrons. The fourth-order valence-corrected chi connectivity index (χ4v) is 2.19. The molecule has 0 aliphatic carbocycles. The normalized spacial score (nSPS) is 17.3. The molecule has 0 saturated carbocycles. The van der Waals surface area contributed by atoms with E-state index in [1.807, 2.05) is 30.3 Å². The summed E-state index contributed by atoms with van der Waals surface area (Å²) in [6.07, 6.45) is 1.04. The van der Waals surface area contributed by atoms with E-state index in [0.29, 0.717) is 12.6 Å². The summed E-state index contributed by atoms with van der Waals surface area (Å²) in [5, 5.41) is 3.48. The first kappa shape index (κ1) is 10.2. The van der Waals surface area contributed by atoms with Crippen LogP contribution in [0.5, 0.6) is 5.75 Å². The molecule has 0 saturated heterocycles. The number of nitrogens with one attached hydrogen (secondary N) is 1. The summed E-state index contributed by atoms with van der Waals surface area (Å²) in [7, 11) is 0. The standard InChI is InChI=1S/C15H15NO/c1-2-7-14(8-3-1)17-11-13-10-12-6-4-5-9-15(12)16-13/h1-9,13,16H,10-11H2. The highest BCUT2D eigenvalue weighted by atomic mass is 16.5. The van der Waals surface area contributed by atoms with E-state index in [-0.39, 0.29) is 0 Å². The molecular weight excluding hydrogens is 210 g/mol. The first-order valence-corrected chi connectivity index (χ1v) is 5.94. The second-order valence-electron chi connectivity index (χ2n) is 4.33. The molecule has 17 heavy (non-hydrogen) atoms. The Morgan fingerprint density at radius 2 is 1.76 bits per heavy atom. The monoisotopic (exact) mass is 225 g/mol. The van der Waals surface area contributed by atoms with Gasteiger partial charge in [-0.3, -0.25) is 0 Å². The van der Waals surface area contributed by atoms with Gasteiger partial charge in [-0.25, -0.2) is 0 Å². The maximum atomic E-state index is 5.76. The van der Waals surface area contributed by atoms with E-state index in [1.54, 1.807) is 0 Å². The number of rotatable bonds is 3. The van der Waals surface area contributed by atoms with Gasteiger partial charge in [-0.05, 0) is 30.2 Å². The highest BCUT2D eigenvalue weighted by Crippen LogP contribution is 2.25. The lowest BCUT2D eigenvalue weighted by Gasteiger charge is -2.12. The van der Waals surface area contributed by atoms with E-state index in [9.17, 15) is 0 Å². The smallest absolute Gasteiger partial charge is 0.119 e. The van der Waals surface area contributed by atoms with Crippen LogP contribution in [0, 0.1) is 0 Å². The van der Waals surface area contributed by atoms with Crippen LogP contribution in [0.4, 0.5) is 5.69 Å². The number of anilines is 1. The molecule has 1 heterocycles. The van der Waals surface area contributed by atoms with Crippen LogP contribution in [0.3, 0.4) is 0 Å². The fourth-order valence-electron chi connectivity index (χ4n) is 2.19. The van der Waals surface area contributed by atoms with Crippen molar-refractivity contribution in [2.45, 2.75) is 12.5 Å². The number of para-hydroxylation sites is 2. The largest absolute Gasteiger partial charge is 0.491 e. The third-order valence-electron chi connectivity index (χ3n) is 3.04. The number of hydrogen-bond acceptors (Lipinski definition) is 2. The molecule has 0 radical (unpaired) electrons. The van der Waals surface area contributed by atoms with Crippen LogP contribution in [0.15, 0.2) is 54.6 Å². The maximum Gasteiger partial charge on any atom is 0.119 e. The Morgan fingerprint density at radius 1 is 1.00 bits per heavy atom. The van der Waals surface area contributed by atoms with Crippen molar-refractivity contribution in [1.29, 1.82) is 0 Å². The number of benzene rings is 2. The average molecular weight is 225 g/mol. The summed E-state index contributed by atoms with van der Waals surface area (Å²) in [5.41, 5.74) is 2.63. The van der Waals surface area contributed by atoms with Gasteiger partial charge >= 0.3 is 0 Å². The summed E-state index contributed by atoms with van der Waals surface area (Å²) < 4.78 is 5.76. The lowest BCUT2D eigenvalue weighted by Crippen LogP contribution is -2.24. The van der Waals surface area contributed by atoms with Crippen LogP contribution in [-0.2, 0) is 6.42 Å². The second-order valence-corrected chi connectivity index (χ2v) is 4.33. The molecule has 2 heteroatoms. The summed E-state index contributed by atoms with van der Waals surface area (Å²) in [4.78, 5) is 0. The molecular formula is C15H15NO. The Balaban J connectivity index is 1.59. The minimum absolute atomic E-state index is 0.382. The zero-order chi connectivity index (χ0) is 11.5. The van der Waals surface area contributed by atoms with Crippen LogP contribution in [0.25, 0.3) is 0 Å². The predicted molar refractivity (Wildman–Crippen MR) is 69.5 cm³/mol. The molecule has 1 atom stereocenters. The van der Waals surface area contributed by atoms with Gasteiger partial charge in [-0.1, -0.05) is 36.4 Å². The SMILES string of the molecule is c1ccc(OCC2Cc3ccccc3N2)cc1. The van der Waals surface area contributed by atoms with Crippen molar-refractivity contribution in [3.8, 4) is 5.75 Å². The highest BCUT2D eigenvalue weighted by molar-refractivity contribution is 5.56. The number of fused-ring (bicyclic) bond motifs is 1. The number of ether oxygens (including phenoxy) is 1. The Hall–Kier alpha value is -1.96. The van der Waals surface area contributed by atoms with E-state index < -0.39 is 0 Å². The number of hydrogen-bond donors (Lipinski definition) is 1. The van der Waals surface area contributed by atoms with Gasteiger partial charge in [0.15, 0.2) is 0 Å². The van der Waals surface area contributed by atoms with Crippen LogP contribution >= 0.6 is 0 Å². The minimum atomic E-state index is 0.382. The minimum Gasteiger partial charge on any atom is -0.491 e. The summed E-state index contributed by atoms with van der Waals surface area (Å²) in [6, 6.07) is 18.8. The molecule has 3 rings (SSSR count). The predicted octanol–water partition coefficient (Wildman–Crippen LogP) is 3.10. The molecule has 1 aliphatic rings. The average Bonchev–Trinajstić information content (AvgIpc) is 2.80. The van der Waals surface area contributed by atoms with Crippen molar-refractivity contribution in [1.82, 2.24) is 0 Å². The second kappa shape index (κ2) is 4.50. The molecule has 2 aromatic carbocycles. The molecule has 0 bridgehead atoms. The first-order chi connectivity index (χ1) is 8.42. The molecule has 0 aromatic heterocycles. The third-order valence-corrected chi connectivity index (χ3v) is 3.04. The van der Waals surface area contributed by atoms with E-state index in [2.05, 4.69) is 29.6 Å². The topological polar surface area (TPSA) is 21.3 Å². The van der Waals surface area contributed by atoms with Crippen LogP contribution < -0.4 is 10.1 Å². The quantitative estimate of drug-likeness (QED) is 0.866. The summed E-state index contributed by atoms with van der Waals surface area (Å²) in [5.74, 6) is 0.935. The van der Waals surface area contributed by atoms with Crippen molar-refractivity contribution in [2.75, 3.05) is 11.9 Å². The van der Waals surface area contributed by atoms with Crippen molar-refractivity contribution in [3.63, 3.8) is 0 Å². The van der Waals surface area contributed by atoms with Gasteiger partial charge in [0.25, 0.3) is 0 Å². The van der Waals surface area contributed by atoms with E-state index in [1.165, 1.54) is 11.3 Å². The van der Waals surface area contributed by atoms with Crippen LogP contribution in [0.1, 0.15) is 5.56 Å². The molecule has 0 spiro atoms. The molecule has 1 N–H and O–H groups in total. The Morgan fingerprint density at radius 3 is 2.59 bits per heavy atom. The van der Waals surface area contributed by atoms with Crippen molar-refractivity contribution < 1.29 is 4.74 Å². The zero-order valence-electron chi connectivity index (χ0n) is 9.60. The van der Waals surface area contributed by atoms with Gasteiger partial charge in [-0.2, -0.15) is 0 Å². The van der Waals surface area contributed by atoms with Crippen molar-refractivity contribution in [2.24, 2.45) is 0 Å². The Labute approximate surface area is 101 Å². The molecule has 0 amide bonds. The van der Waals surface area contributed by atoms with E-state index in [0.717, 1.165) is 12.2 Å². The lowest BCUT2D eigenvalue weighted by molar-refractivity contribution is 0.299. The van der Waals surface area contributed by atoms with Gasteiger partial charge < -0.3 is 10.1 Å². The third kappa shape index (κ3) is 2.26. The molecule has 1 aliphatic heterocycles. The van der Waals surface area contributed by atoms with Crippen LogP contribution in [0.2, 0.25) is 0 Å². The summed E-state index contributed by atoms with van der Waals surface area (Å²) in [6.45, 7) is 0.707. The van der Waals surface area contributed by atoms with Gasteiger partial charge in [0.1, 0.15) is 12.4 Å². The fraction of sp³-hybridized carbons (Fsp3) is 0.200. The van der Waals surface area contributed by atoms with E-state index >= 15 is 0 Å². The van der Waals surface area contributed by atoms with E-state index in [4.69, 9.17) is 4.74 Å². The van der Waals surface area contributed by atoms with Gasteiger partial charge in [0.05, 0.1) is 6.04 Å². The molecule has 0 fully saturated rings. The van der Waals surface area contributed by atoms with Crippen molar-refractivity contribution in [3.05, 3.63) is 60.2 Å².